The largest absolute Gasteiger partial charge is 0.492 e. The first-order chi connectivity index (χ1) is 11.7. The lowest BCUT2D eigenvalue weighted by Crippen LogP contribution is -2.49. The maximum atomic E-state index is 12.1. The van der Waals surface area contributed by atoms with E-state index < -0.39 is 0 Å². The highest BCUT2D eigenvalue weighted by molar-refractivity contribution is 5.80. The van der Waals surface area contributed by atoms with Gasteiger partial charge in [0.25, 0.3) is 0 Å². The molecular weight excluding hydrogens is 308 g/mol. The van der Waals surface area contributed by atoms with E-state index in [9.17, 15) is 9.59 Å². The van der Waals surface area contributed by atoms with Gasteiger partial charge in [0.15, 0.2) is 0 Å². The molecule has 0 bridgehead atoms. The minimum Gasteiger partial charge on any atom is -0.492 e. The highest BCUT2D eigenvalue weighted by atomic mass is 16.5. The van der Waals surface area contributed by atoms with Crippen LogP contribution in [0.3, 0.4) is 0 Å². The minimum atomic E-state index is -0.301. The van der Waals surface area contributed by atoms with Gasteiger partial charge in [0.1, 0.15) is 18.4 Å². The molecule has 1 aliphatic heterocycles. The number of rotatable bonds is 8. The van der Waals surface area contributed by atoms with Crippen LogP contribution in [0.2, 0.25) is 0 Å². The van der Waals surface area contributed by atoms with Crippen LogP contribution in [0, 0.1) is 0 Å². The molecule has 1 aromatic carbocycles. The number of likely N-dealkylation sites (tertiary alicyclic amines) is 1. The van der Waals surface area contributed by atoms with Gasteiger partial charge in [0.05, 0.1) is 19.7 Å². The smallest absolute Gasteiger partial charge is 0.323 e. The van der Waals surface area contributed by atoms with Crippen LogP contribution in [0.1, 0.15) is 26.2 Å². The molecule has 1 saturated heterocycles. The molecule has 6 heteroatoms. The summed E-state index contributed by atoms with van der Waals surface area (Å²) in [6, 6.07) is 9.18. The zero-order chi connectivity index (χ0) is 17.2. The zero-order valence-electron chi connectivity index (χ0n) is 14.2. The van der Waals surface area contributed by atoms with Gasteiger partial charge in [-0.25, -0.2) is 0 Å². The van der Waals surface area contributed by atoms with Crippen molar-refractivity contribution >= 4 is 11.9 Å². The quantitative estimate of drug-likeness (QED) is 0.578. The predicted octanol–water partition coefficient (Wildman–Crippen LogP) is 1.60. The van der Waals surface area contributed by atoms with Gasteiger partial charge in [-0.2, -0.15) is 0 Å². The molecule has 0 spiro atoms. The van der Waals surface area contributed by atoms with Gasteiger partial charge >= 0.3 is 5.97 Å². The number of para-hydroxylation sites is 1. The Labute approximate surface area is 143 Å². The molecule has 0 aromatic heterocycles. The van der Waals surface area contributed by atoms with Crippen LogP contribution in [0.4, 0.5) is 0 Å². The molecule has 1 heterocycles. The molecule has 1 aliphatic rings. The molecule has 1 unspecified atom stereocenters. The number of esters is 1. The number of benzene rings is 1. The molecule has 1 N–H and O–H groups in total. The van der Waals surface area contributed by atoms with Crippen molar-refractivity contribution < 1.29 is 19.1 Å². The summed E-state index contributed by atoms with van der Waals surface area (Å²) in [7, 11) is 0. The Balaban J connectivity index is 1.71. The fourth-order valence-corrected chi connectivity index (χ4v) is 2.80. The van der Waals surface area contributed by atoms with Crippen molar-refractivity contribution in [2.24, 2.45) is 0 Å². The average molecular weight is 334 g/mol. The van der Waals surface area contributed by atoms with Crippen LogP contribution in [-0.2, 0) is 14.3 Å². The summed E-state index contributed by atoms with van der Waals surface area (Å²) in [4.78, 5) is 26.0. The SMILES string of the molecule is CCOC(=O)C1CCCCN1CC(=O)NCCOc1ccccc1. The van der Waals surface area contributed by atoms with Crippen molar-refractivity contribution in [2.45, 2.75) is 32.2 Å². The monoisotopic (exact) mass is 334 g/mol. The standard InChI is InChI=1S/C18H26N2O4/c1-2-23-18(22)16-10-6-7-12-20(16)14-17(21)19-11-13-24-15-8-4-3-5-9-15/h3-5,8-9,16H,2,6-7,10-14H2,1H3,(H,19,21). The lowest BCUT2D eigenvalue weighted by molar-refractivity contribution is -0.151. The number of carbonyl (C=O) groups is 2. The van der Waals surface area contributed by atoms with Crippen LogP contribution in [0.15, 0.2) is 30.3 Å². The zero-order valence-corrected chi connectivity index (χ0v) is 14.2. The minimum absolute atomic E-state index is 0.0946. The Bertz CT molecular complexity index is 521. The fraction of sp³-hybridized carbons (Fsp3) is 0.556. The summed E-state index contributed by atoms with van der Waals surface area (Å²) in [6.45, 7) is 3.98. The molecule has 0 aliphatic carbocycles. The van der Waals surface area contributed by atoms with Crippen molar-refractivity contribution in [1.29, 1.82) is 0 Å². The predicted molar refractivity (Wildman–Crippen MR) is 90.8 cm³/mol. The number of amides is 1. The lowest BCUT2D eigenvalue weighted by atomic mass is 10.0. The highest BCUT2D eigenvalue weighted by Crippen LogP contribution is 2.17. The normalized spacial score (nSPS) is 18.0. The topological polar surface area (TPSA) is 67.9 Å². The molecule has 2 rings (SSSR count). The van der Waals surface area contributed by atoms with Crippen molar-refractivity contribution in [1.82, 2.24) is 10.2 Å². The second kappa shape index (κ2) is 9.93. The number of piperidine rings is 1. The molecule has 132 valence electrons. The number of carbonyl (C=O) groups excluding carboxylic acids is 2. The summed E-state index contributed by atoms with van der Waals surface area (Å²) < 4.78 is 10.6. The van der Waals surface area contributed by atoms with Crippen molar-refractivity contribution in [3.63, 3.8) is 0 Å². The van der Waals surface area contributed by atoms with E-state index in [1.807, 2.05) is 35.2 Å². The molecule has 1 fully saturated rings. The Kier molecular flexibility index (Phi) is 7.55. The molecule has 1 amide bonds. The van der Waals surface area contributed by atoms with E-state index in [1.54, 1.807) is 6.92 Å². The summed E-state index contributed by atoms with van der Waals surface area (Å²) in [5, 5.41) is 2.83. The number of hydrogen-bond donors (Lipinski definition) is 1. The molecule has 24 heavy (non-hydrogen) atoms. The van der Waals surface area contributed by atoms with Crippen molar-refractivity contribution in [3.8, 4) is 5.75 Å². The van der Waals surface area contributed by atoms with E-state index in [-0.39, 0.29) is 24.5 Å². The fourth-order valence-electron chi connectivity index (χ4n) is 2.80. The van der Waals surface area contributed by atoms with E-state index in [2.05, 4.69) is 5.32 Å². The maximum absolute atomic E-state index is 12.1. The third-order valence-electron chi connectivity index (χ3n) is 3.96. The van der Waals surface area contributed by atoms with E-state index in [0.29, 0.717) is 19.8 Å². The summed E-state index contributed by atoms with van der Waals surface area (Å²) in [5.41, 5.74) is 0. The van der Waals surface area contributed by atoms with Crippen LogP contribution in [0.5, 0.6) is 5.75 Å². The van der Waals surface area contributed by atoms with Crippen LogP contribution in [-0.4, -0.2) is 55.7 Å². The van der Waals surface area contributed by atoms with E-state index in [0.717, 1.165) is 31.6 Å². The maximum Gasteiger partial charge on any atom is 0.323 e. The number of nitrogens with zero attached hydrogens (tertiary/aromatic N) is 1. The van der Waals surface area contributed by atoms with Gasteiger partial charge in [-0.3, -0.25) is 14.5 Å². The Morgan fingerprint density at radius 1 is 1.25 bits per heavy atom. The lowest BCUT2D eigenvalue weighted by Gasteiger charge is -2.33. The van der Waals surface area contributed by atoms with Crippen LogP contribution >= 0.6 is 0 Å². The molecule has 0 radical (unpaired) electrons. The molecule has 6 nitrogen and oxygen atoms in total. The van der Waals surface area contributed by atoms with Crippen molar-refractivity contribution in [2.75, 3.05) is 32.8 Å². The van der Waals surface area contributed by atoms with Crippen molar-refractivity contribution in [3.05, 3.63) is 30.3 Å². The van der Waals surface area contributed by atoms with Gasteiger partial charge in [0, 0.05) is 0 Å². The Morgan fingerprint density at radius 3 is 2.79 bits per heavy atom. The summed E-state index contributed by atoms with van der Waals surface area (Å²) in [5.74, 6) is 0.463. The second-order valence-corrected chi connectivity index (χ2v) is 5.75. The van der Waals surface area contributed by atoms with E-state index in [4.69, 9.17) is 9.47 Å². The Hall–Kier alpha value is -2.08. The Morgan fingerprint density at radius 2 is 2.04 bits per heavy atom. The number of ether oxygens (including phenoxy) is 2. The first kappa shape index (κ1) is 18.3. The van der Waals surface area contributed by atoms with Gasteiger partial charge in [-0.15, -0.1) is 0 Å². The highest BCUT2D eigenvalue weighted by Gasteiger charge is 2.30. The van der Waals surface area contributed by atoms with Gasteiger partial charge in [-0.1, -0.05) is 24.6 Å². The van der Waals surface area contributed by atoms with E-state index >= 15 is 0 Å². The number of nitrogens with one attached hydrogen (secondary N) is 1. The third kappa shape index (κ3) is 5.85. The molecule has 1 atom stereocenters. The molecule has 0 saturated carbocycles. The summed E-state index contributed by atoms with van der Waals surface area (Å²) >= 11 is 0. The van der Waals surface area contributed by atoms with Crippen LogP contribution < -0.4 is 10.1 Å². The second-order valence-electron chi connectivity index (χ2n) is 5.75. The molecule has 1 aromatic rings. The van der Waals surface area contributed by atoms with Gasteiger partial charge < -0.3 is 14.8 Å². The molecular formula is C18H26N2O4. The third-order valence-corrected chi connectivity index (χ3v) is 3.96. The van der Waals surface area contributed by atoms with Crippen LogP contribution in [0.25, 0.3) is 0 Å². The first-order valence-electron chi connectivity index (χ1n) is 8.56. The first-order valence-corrected chi connectivity index (χ1v) is 8.56. The number of hydrogen-bond acceptors (Lipinski definition) is 5. The van der Waals surface area contributed by atoms with E-state index in [1.165, 1.54) is 0 Å². The average Bonchev–Trinajstić information content (AvgIpc) is 2.60. The van der Waals surface area contributed by atoms with Gasteiger partial charge in [0.2, 0.25) is 5.91 Å². The summed E-state index contributed by atoms with van der Waals surface area (Å²) in [6.07, 6.45) is 2.75. The van der Waals surface area contributed by atoms with Gasteiger partial charge in [-0.05, 0) is 38.4 Å².